The van der Waals surface area contributed by atoms with Gasteiger partial charge in [-0.15, -0.1) is 0 Å². The van der Waals surface area contributed by atoms with E-state index in [0.717, 1.165) is 11.1 Å². The first-order chi connectivity index (χ1) is 12.4. The Bertz CT molecular complexity index is 1040. The zero-order valence-electron chi connectivity index (χ0n) is 14.2. The summed E-state index contributed by atoms with van der Waals surface area (Å²) in [5.41, 5.74) is 2.07. The van der Waals surface area contributed by atoms with E-state index in [9.17, 15) is 20.1 Å². The van der Waals surface area contributed by atoms with Crippen LogP contribution in [0.25, 0.3) is 23.1 Å². The number of methoxy groups -OCH3 is 1. The Morgan fingerprint density at radius 3 is 2.54 bits per heavy atom. The summed E-state index contributed by atoms with van der Waals surface area (Å²) in [6.07, 6.45) is 3.46. The van der Waals surface area contributed by atoms with Gasteiger partial charge >= 0.3 is 5.97 Å². The Balaban J connectivity index is 2.02. The highest BCUT2D eigenvalue weighted by molar-refractivity contribution is 6.00. The van der Waals surface area contributed by atoms with E-state index >= 15 is 0 Å². The summed E-state index contributed by atoms with van der Waals surface area (Å²) < 4.78 is 5.00. The molecule has 0 unspecified atom stereocenters. The molecule has 0 fully saturated rings. The second-order valence-corrected chi connectivity index (χ2v) is 5.79. The van der Waals surface area contributed by atoms with Crippen LogP contribution in [0.15, 0.2) is 36.4 Å². The van der Waals surface area contributed by atoms with Crippen LogP contribution in [0.3, 0.4) is 0 Å². The monoisotopic (exact) mass is 351 g/mol. The number of ether oxygens (including phenoxy) is 1. The van der Waals surface area contributed by atoms with Crippen LogP contribution in [0, 0.1) is 6.92 Å². The number of phenols is 2. The van der Waals surface area contributed by atoms with Crippen LogP contribution >= 0.6 is 0 Å². The number of nitrogens with zero attached hydrogens (tertiary/aromatic N) is 1. The Morgan fingerprint density at radius 2 is 1.88 bits per heavy atom. The van der Waals surface area contributed by atoms with Gasteiger partial charge in [0, 0.05) is 5.39 Å². The van der Waals surface area contributed by atoms with E-state index in [0.29, 0.717) is 16.8 Å². The SMILES string of the molecule is COc1ccc(/C=C/c2ccc3c(C)cc(C(=O)O)c(O)c3n2)cc1O. The number of carboxylic acid groups (broad SMARTS) is 1. The number of phenolic OH excluding ortho intramolecular Hbond substituents is 1. The fourth-order valence-electron chi connectivity index (χ4n) is 2.71. The number of fused-ring (bicyclic) bond motifs is 1. The molecule has 0 aliphatic carbocycles. The van der Waals surface area contributed by atoms with Gasteiger partial charge in [0.2, 0.25) is 0 Å². The van der Waals surface area contributed by atoms with Crippen LogP contribution in [-0.4, -0.2) is 33.4 Å². The van der Waals surface area contributed by atoms with Crippen molar-refractivity contribution in [3.05, 3.63) is 58.8 Å². The topological polar surface area (TPSA) is 99.9 Å². The van der Waals surface area contributed by atoms with Gasteiger partial charge < -0.3 is 20.1 Å². The summed E-state index contributed by atoms with van der Waals surface area (Å²) in [6, 6.07) is 9.97. The summed E-state index contributed by atoms with van der Waals surface area (Å²) in [7, 11) is 1.48. The molecule has 3 rings (SSSR count). The van der Waals surface area contributed by atoms with E-state index in [1.165, 1.54) is 13.2 Å². The van der Waals surface area contributed by atoms with E-state index in [1.807, 2.05) is 0 Å². The van der Waals surface area contributed by atoms with Crippen molar-refractivity contribution >= 4 is 29.0 Å². The lowest BCUT2D eigenvalue weighted by molar-refractivity contribution is 0.0694. The number of aromatic hydroxyl groups is 2. The van der Waals surface area contributed by atoms with Gasteiger partial charge in [-0.05, 0) is 48.4 Å². The minimum atomic E-state index is -1.20. The third-order valence-corrected chi connectivity index (χ3v) is 4.06. The molecule has 0 radical (unpaired) electrons. The van der Waals surface area contributed by atoms with Crippen molar-refractivity contribution < 1.29 is 24.9 Å². The van der Waals surface area contributed by atoms with Crippen LogP contribution in [0.1, 0.15) is 27.2 Å². The smallest absolute Gasteiger partial charge is 0.339 e. The van der Waals surface area contributed by atoms with Crippen molar-refractivity contribution in [3.8, 4) is 17.2 Å². The average molecular weight is 351 g/mol. The van der Waals surface area contributed by atoms with E-state index in [-0.39, 0.29) is 22.6 Å². The van der Waals surface area contributed by atoms with Gasteiger partial charge in [-0.25, -0.2) is 9.78 Å². The molecule has 0 saturated heterocycles. The number of pyridine rings is 1. The quantitative estimate of drug-likeness (QED) is 0.660. The van der Waals surface area contributed by atoms with E-state index < -0.39 is 5.97 Å². The number of aromatic carboxylic acids is 1. The molecule has 1 heterocycles. The molecule has 132 valence electrons. The minimum Gasteiger partial charge on any atom is -0.505 e. The molecule has 0 spiro atoms. The molecular formula is C20H17NO5. The standard InChI is InChI=1S/C20H17NO5/c1-11-9-15(20(24)25)19(23)18-14(11)7-6-13(21-18)5-3-12-4-8-17(26-2)16(22)10-12/h3-10,22-23H,1-2H3,(H,24,25)/b5-3+. The first kappa shape index (κ1) is 17.3. The summed E-state index contributed by atoms with van der Waals surface area (Å²) in [5, 5.41) is 29.9. The number of hydrogen-bond donors (Lipinski definition) is 3. The lowest BCUT2D eigenvalue weighted by Crippen LogP contribution is -1.99. The maximum atomic E-state index is 11.3. The van der Waals surface area contributed by atoms with E-state index in [2.05, 4.69) is 4.98 Å². The highest BCUT2D eigenvalue weighted by atomic mass is 16.5. The van der Waals surface area contributed by atoms with Gasteiger partial charge in [-0.1, -0.05) is 18.2 Å². The largest absolute Gasteiger partial charge is 0.505 e. The average Bonchev–Trinajstić information content (AvgIpc) is 2.62. The van der Waals surface area contributed by atoms with Gasteiger partial charge in [-0.2, -0.15) is 0 Å². The molecule has 0 saturated carbocycles. The molecule has 0 aliphatic heterocycles. The molecule has 1 aromatic heterocycles. The summed E-state index contributed by atoms with van der Waals surface area (Å²) in [6.45, 7) is 1.77. The number of rotatable bonds is 4. The molecule has 0 aliphatic rings. The predicted molar refractivity (Wildman–Crippen MR) is 98.7 cm³/mol. The van der Waals surface area contributed by atoms with Crippen molar-refractivity contribution in [1.82, 2.24) is 4.98 Å². The molecule has 0 amide bonds. The predicted octanol–water partition coefficient (Wildman–Crippen LogP) is 3.83. The first-order valence-electron chi connectivity index (χ1n) is 7.82. The van der Waals surface area contributed by atoms with Crippen molar-refractivity contribution in [1.29, 1.82) is 0 Å². The summed E-state index contributed by atoms with van der Waals surface area (Å²) in [4.78, 5) is 15.6. The number of benzene rings is 2. The van der Waals surface area contributed by atoms with E-state index in [4.69, 9.17) is 4.74 Å². The van der Waals surface area contributed by atoms with Crippen LogP contribution in [-0.2, 0) is 0 Å². The Hall–Kier alpha value is -3.54. The molecular weight excluding hydrogens is 334 g/mol. The fraction of sp³-hybridized carbons (Fsp3) is 0.100. The Morgan fingerprint density at radius 1 is 1.12 bits per heavy atom. The van der Waals surface area contributed by atoms with Gasteiger partial charge in [0.1, 0.15) is 11.1 Å². The maximum absolute atomic E-state index is 11.3. The number of aromatic nitrogens is 1. The molecule has 0 atom stereocenters. The third kappa shape index (κ3) is 3.17. The van der Waals surface area contributed by atoms with Gasteiger partial charge in [0.05, 0.1) is 12.8 Å². The normalized spacial score (nSPS) is 11.2. The van der Waals surface area contributed by atoms with Crippen molar-refractivity contribution in [2.24, 2.45) is 0 Å². The summed E-state index contributed by atoms with van der Waals surface area (Å²) >= 11 is 0. The number of carboxylic acids is 1. The first-order valence-corrected chi connectivity index (χ1v) is 7.82. The highest BCUT2D eigenvalue weighted by Gasteiger charge is 2.16. The molecule has 26 heavy (non-hydrogen) atoms. The van der Waals surface area contributed by atoms with Gasteiger partial charge in [-0.3, -0.25) is 0 Å². The lowest BCUT2D eigenvalue weighted by Gasteiger charge is -2.08. The van der Waals surface area contributed by atoms with Crippen LogP contribution in [0.2, 0.25) is 0 Å². The Kier molecular flexibility index (Phi) is 4.49. The minimum absolute atomic E-state index is 0.0282. The molecule has 6 heteroatoms. The molecule has 6 nitrogen and oxygen atoms in total. The van der Waals surface area contributed by atoms with Crippen molar-refractivity contribution in [2.45, 2.75) is 6.92 Å². The number of carbonyl (C=O) groups is 1. The zero-order valence-corrected chi connectivity index (χ0v) is 14.2. The second kappa shape index (κ2) is 6.76. The van der Waals surface area contributed by atoms with Gasteiger partial charge in [0.15, 0.2) is 17.2 Å². The lowest BCUT2D eigenvalue weighted by atomic mass is 10.0. The zero-order chi connectivity index (χ0) is 18.8. The fourth-order valence-corrected chi connectivity index (χ4v) is 2.71. The number of hydrogen-bond acceptors (Lipinski definition) is 5. The molecule has 3 N–H and O–H groups in total. The Labute approximate surface area is 149 Å². The summed E-state index contributed by atoms with van der Waals surface area (Å²) in [5.74, 6) is -1.15. The van der Waals surface area contributed by atoms with Gasteiger partial charge in [0.25, 0.3) is 0 Å². The van der Waals surface area contributed by atoms with E-state index in [1.54, 1.807) is 49.4 Å². The highest BCUT2D eigenvalue weighted by Crippen LogP contribution is 2.31. The van der Waals surface area contributed by atoms with Crippen LogP contribution < -0.4 is 4.74 Å². The van der Waals surface area contributed by atoms with Crippen molar-refractivity contribution in [3.63, 3.8) is 0 Å². The molecule has 0 bridgehead atoms. The van der Waals surface area contributed by atoms with Crippen LogP contribution in [0.5, 0.6) is 17.2 Å². The third-order valence-electron chi connectivity index (χ3n) is 4.06. The van der Waals surface area contributed by atoms with Crippen molar-refractivity contribution in [2.75, 3.05) is 7.11 Å². The molecule has 2 aromatic carbocycles. The molecule has 3 aromatic rings. The van der Waals surface area contributed by atoms with Crippen LogP contribution in [0.4, 0.5) is 0 Å². The maximum Gasteiger partial charge on any atom is 0.339 e. The number of aryl methyl sites for hydroxylation is 1. The second-order valence-electron chi connectivity index (χ2n) is 5.79.